The number of likely N-dealkylation sites (tertiary alicyclic amines) is 1. The molecule has 1 aliphatic heterocycles. The van der Waals surface area contributed by atoms with Crippen LogP contribution in [0.4, 0.5) is 13.2 Å². The van der Waals surface area contributed by atoms with E-state index in [1.165, 1.54) is 0 Å². The van der Waals surface area contributed by atoms with Crippen LogP contribution in [0.2, 0.25) is 0 Å². The van der Waals surface area contributed by atoms with Crippen molar-refractivity contribution >= 4 is 11.8 Å². The van der Waals surface area contributed by atoms with Crippen LogP contribution in [0.15, 0.2) is 36.4 Å². The van der Waals surface area contributed by atoms with E-state index in [2.05, 4.69) is 0 Å². The molecule has 2 aromatic rings. The number of nitrogens with two attached hydrogens (primary N) is 1. The van der Waals surface area contributed by atoms with E-state index in [1.807, 2.05) is 0 Å². The Morgan fingerprint density at radius 2 is 1.46 bits per heavy atom. The minimum absolute atomic E-state index is 0.183. The minimum Gasteiger partial charge on any atom is -0.369 e. The second-order valence-electron chi connectivity index (χ2n) is 6.30. The van der Waals surface area contributed by atoms with E-state index < -0.39 is 17.5 Å². The molecule has 3 rings (SSSR count). The normalized spacial score (nSPS) is 15.1. The average molecular weight is 362 g/mol. The minimum atomic E-state index is -1.51. The maximum atomic E-state index is 13.4. The van der Waals surface area contributed by atoms with Crippen LogP contribution in [0.5, 0.6) is 0 Å². The van der Waals surface area contributed by atoms with Gasteiger partial charge in [0, 0.05) is 24.6 Å². The molecule has 1 saturated heterocycles. The Balaban J connectivity index is 1.74. The highest BCUT2D eigenvalue weighted by Crippen LogP contribution is 2.25. The summed E-state index contributed by atoms with van der Waals surface area (Å²) in [6, 6.07) is 8.02. The van der Waals surface area contributed by atoms with Gasteiger partial charge in [-0.05, 0) is 48.2 Å². The van der Waals surface area contributed by atoms with E-state index in [1.54, 1.807) is 29.2 Å². The maximum absolute atomic E-state index is 13.4. The Labute approximate surface area is 148 Å². The number of hydrogen-bond acceptors (Lipinski definition) is 2. The Morgan fingerprint density at radius 3 is 1.96 bits per heavy atom. The van der Waals surface area contributed by atoms with Crippen LogP contribution >= 0.6 is 0 Å². The molecular formula is C19H17F3N2O2. The molecule has 0 aromatic heterocycles. The first-order chi connectivity index (χ1) is 12.4. The van der Waals surface area contributed by atoms with Gasteiger partial charge in [0.2, 0.25) is 5.91 Å². The van der Waals surface area contributed by atoms with Gasteiger partial charge in [-0.2, -0.15) is 0 Å². The van der Waals surface area contributed by atoms with E-state index in [-0.39, 0.29) is 23.3 Å². The van der Waals surface area contributed by atoms with Crippen molar-refractivity contribution in [1.29, 1.82) is 0 Å². The highest BCUT2D eigenvalue weighted by atomic mass is 19.2. The zero-order valence-electron chi connectivity index (χ0n) is 13.8. The van der Waals surface area contributed by atoms with Crippen molar-refractivity contribution in [2.24, 2.45) is 11.7 Å². The molecule has 136 valence electrons. The molecule has 4 nitrogen and oxygen atoms in total. The fourth-order valence-corrected chi connectivity index (χ4v) is 3.08. The molecular weight excluding hydrogens is 345 g/mol. The number of piperidine rings is 1. The van der Waals surface area contributed by atoms with Crippen molar-refractivity contribution in [3.63, 3.8) is 0 Å². The van der Waals surface area contributed by atoms with Crippen LogP contribution in [0.1, 0.15) is 23.2 Å². The standard InChI is InChI=1S/C19H17F3N2O2/c20-15-9-14(10-16(21)17(15)22)11-1-3-13(4-2-11)19(26)24-7-5-12(6-8-24)18(23)25/h1-4,9-10,12H,5-8H2,(H2,23,25). The monoisotopic (exact) mass is 362 g/mol. The summed E-state index contributed by atoms with van der Waals surface area (Å²) in [7, 11) is 0. The van der Waals surface area contributed by atoms with Crippen molar-refractivity contribution in [3.05, 3.63) is 59.4 Å². The Morgan fingerprint density at radius 1 is 0.923 bits per heavy atom. The molecule has 0 unspecified atom stereocenters. The number of halogens is 3. The van der Waals surface area contributed by atoms with Crippen molar-refractivity contribution < 1.29 is 22.8 Å². The van der Waals surface area contributed by atoms with Gasteiger partial charge >= 0.3 is 0 Å². The molecule has 0 aliphatic carbocycles. The molecule has 0 bridgehead atoms. The summed E-state index contributed by atoms with van der Waals surface area (Å²) in [5, 5.41) is 0. The topological polar surface area (TPSA) is 63.4 Å². The van der Waals surface area contributed by atoms with Crippen LogP contribution in [0, 0.1) is 23.4 Å². The van der Waals surface area contributed by atoms with E-state index in [0.717, 1.165) is 12.1 Å². The van der Waals surface area contributed by atoms with Gasteiger partial charge in [0.25, 0.3) is 5.91 Å². The van der Waals surface area contributed by atoms with Gasteiger partial charge in [-0.15, -0.1) is 0 Å². The molecule has 1 heterocycles. The zero-order valence-corrected chi connectivity index (χ0v) is 13.8. The van der Waals surface area contributed by atoms with Crippen LogP contribution < -0.4 is 5.73 Å². The Kier molecular flexibility index (Phi) is 4.97. The number of benzene rings is 2. The number of nitrogens with zero attached hydrogens (tertiary/aromatic N) is 1. The molecule has 0 atom stereocenters. The smallest absolute Gasteiger partial charge is 0.253 e. The van der Waals surface area contributed by atoms with Gasteiger partial charge in [0.1, 0.15) is 0 Å². The summed E-state index contributed by atoms with van der Waals surface area (Å²) < 4.78 is 39.8. The Bertz CT molecular complexity index is 821. The van der Waals surface area contributed by atoms with Gasteiger partial charge in [-0.25, -0.2) is 13.2 Å². The van der Waals surface area contributed by atoms with Crippen LogP contribution in [-0.2, 0) is 4.79 Å². The van der Waals surface area contributed by atoms with Crippen molar-refractivity contribution in [3.8, 4) is 11.1 Å². The predicted octanol–water partition coefficient (Wildman–Crippen LogP) is 3.11. The summed E-state index contributed by atoms with van der Waals surface area (Å²) in [6.07, 6.45) is 1.07. The van der Waals surface area contributed by atoms with E-state index >= 15 is 0 Å². The third kappa shape index (κ3) is 3.56. The van der Waals surface area contributed by atoms with Crippen LogP contribution in [-0.4, -0.2) is 29.8 Å². The summed E-state index contributed by atoms with van der Waals surface area (Å²) >= 11 is 0. The maximum Gasteiger partial charge on any atom is 0.253 e. The zero-order chi connectivity index (χ0) is 18.8. The molecule has 2 aromatic carbocycles. The predicted molar refractivity (Wildman–Crippen MR) is 89.6 cm³/mol. The number of amides is 2. The van der Waals surface area contributed by atoms with E-state index in [0.29, 0.717) is 37.1 Å². The second kappa shape index (κ2) is 7.19. The molecule has 26 heavy (non-hydrogen) atoms. The molecule has 1 aliphatic rings. The van der Waals surface area contributed by atoms with Gasteiger partial charge < -0.3 is 10.6 Å². The number of rotatable bonds is 3. The lowest BCUT2D eigenvalue weighted by molar-refractivity contribution is -0.123. The molecule has 2 N–H and O–H groups in total. The first kappa shape index (κ1) is 18.0. The molecule has 0 radical (unpaired) electrons. The van der Waals surface area contributed by atoms with Gasteiger partial charge in [0.05, 0.1) is 0 Å². The fraction of sp³-hybridized carbons (Fsp3) is 0.263. The highest BCUT2D eigenvalue weighted by Gasteiger charge is 2.26. The molecule has 7 heteroatoms. The Hall–Kier alpha value is -2.83. The molecule has 1 fully saturated rings. The van der Waals surface area contributed by atoms with Crippen molar-refractivity contribution in [1.82, 2.24) is 4.90 Å². The summed E-state index contributed by atoms with van der Waals surface area (Å²) in [4.78, 5) is 25.3. The number of carbonyl (C=O) groups is 2. The van der Waals surface area contributed by atoms with Crippen LogP contribution in [0.3, 0.4) is 0 Å². The third-order valence-electron chi connectivity index (χ3n) is 4.63. The summed E-state index contributed by atoms with van der Waals surface area (Å²) in [6.45, 7) is 0.894. The van der Waals surface area contributed by atoms with Crippen molar-refractivity contribution in [2.75, 3.05) is 13.1 Å². The first-order valence-corrected chi connectivity index (χ1v) is 8.20. The van der Waals surface area contributed by atoms with E-state index in [9.17, 15) is 22.8 Å². The lowest BCUT2D eigenvalue weighted by Crippen LogP contribution is -2.41. The van der Waals surface area contributed by atoms with Gasteiger partial charge in [-0.3, -0.25) is 9.59 Å². The first-order valence-electron chi connectivity index (χ1n) is 8.20. The fourth-order valence-electron chi connectivity index (χ4n) is 3.08. The number of primary amides is 1. The second-order valence-corrected chi connectivity index (χ2v) is 6.30. The summed E-state index contributed by atoms with van der Waals surface area (Å²) in [5.41, 5.74) is 6.36. The average Bonchev–Trinajstić information content (AvgIpc) is 2.65. The molecule has 0 saturated carbocycles. The largest absolute Gasteiger partial charge is 0.369 e. The molecule has 2 amide bonds. The van der Waals surface area contributed by atoms with Crippen molar-refractivity contribution in [2.45, 2.75) is 12.8 Å². The number of hydrogen-bond donors (Lipinski definition) is 1. The molecule has 0 spiro atoms. The lowest BCUT2D eigenvalue weighted by Gasteiger charge is -2.30. The van der Waals surface area contributed by atoms with Gasteiger partial charge in [-0.1, -0.05) is 12.1 Å². The lowest BCUT2D eigenvalue weighted by atomic mass is 9.95. The quantitative estimate of drug-likeness (QED) is 0.853. The van der Waals surface area contributed by atoms with Crippen LogP contribution in [0.25, 0.3) is 11.1 Å². The SMILES string of the molecule is NC(=O)C1CCN(C(=O)c2ccc(-c3cc(F)c(F)c(F)c3)cc2)CC1. The van der Waals surface area contributed by atoms with Gasteiger partial charge in [0.15, 0.2) is 17.5 Å². The summed E-state index contributed by atoms with van der Waals surface area (Å²) in [5.74, 6) is -4.78. The van der Waals surface area contributed by atoms with E-state index in [4.69, 9.17) is 5.73 Å². The number of carbonyl (C=O) groups excluding carboxylic acids is 2. The highest BCUT2D eigenvalue weighted by molar-refractivity contribution is 5.95. The third-order valence-corrected chi connectivity index (χ3v) is 4.63.